The lowest BCUT2D eigenvalue weighted by Gasteiger charge is -2.09. The van der Waals surface area contributed by atoms with Gasteiger partial charge in [-0.15, -0.1) is 0 Å². The zero-order chi connectivity index (χ0) is 10.0. The van der Waals surface area contributed by atoms with Gasteiger partial charge in [0.25, 0.3) is 0 Å². The van der Waals surface area contributed by atoms with Gasteiger partial charge >= 0.3 is 5.97 Å². The average molecular weight is 221 g/mol. The highest BCUT2D eigenvalue weighted by molar-refractivity contribution is 6.36. The maximum Gasteiger partial charge on any atom is 0.337 e. The second-order valence-corrected chi connectivity index (χ2v) is 3.19. The second-order valence-electron chi connectivity index (χ2n) is 2.38. The number of aliphatic hydroxyl groups excluding tert-OH is 1. The first-order valence-corrected chi connectivity index (χ1v) is 4.14. The molecule has 0 fully saturated rings. The molecular weight excluding hydrogens is 215 g/mol. The minimum atomic E-state index is -1.68. The molecule has 1 atom stereocenters. The van der Waals surface area contributed by atoms with E-state index in [2.05, 4.69) is 0 Å². The van der Waals surface area contributed by atoms with Crippen LogP contribution in [0.2, 0.25) is 10.0 Å². The molecule has 0 aliphatic rings. The van der Waals surface area contributed by atoms with Crippen molar-refractivity contribution in [1.29, 1.82) is 0 Å². The van der Waals surface area contributed by atoms with Crippen molar-refractivity contribution in [1.82, 2.24) is 0 Å². The van der Waals surface area contributed by atoms with Gasteiger partial charge in [-0.3, -0.25) is 0 Å². The summed E-state index contributed by atoms with van der Waals surface area (Å²) in [5.41, 5.74) is 0.0262. The van der Waals surface area contributed by atoms with Crippen LogP contribution in [-0.2, 0) is 4.79 Å². The van der Waals surface area contributed by atoms with Gasteiger partial charge < -0.3 is 10.2 Å². The van der Waals surface area contributed by atoms with Crippen molar-refractivity contribution < 1.29 is 15.0 Å². The first kappa shape index (κ1) is 10.3. The molecule has 2 N–H and O–H groups in total. The molecule has 0 aromatic heterocycles. The van der Waals surface area contributed by atoms with E-state index in [9.17, 15) is 9.90 Å². The molecule has 0 aliphatic heterocycles. The molecule has 0 heterocycles. The van der Waals surface area contributed by atoms with Crippen LogP contribution in [0.25, 0.3) is 0 Å². The van der Waals surface area contributed by atoms with Gasteiger partial charge in [0.05, 0.1) is 0 Å². The number of hydrogen-bond donors (Lipinski definition) is 2. The van der Waals surface area contributed by atoms with E-state index in [1.807, 2.05) is 0 Å². The van der Waals surface area contributed by atoms with Crippen molar-refractivity contribution in [2.45, 2.75) is 6.10 Å². The number of carboxylic acids is 1. The van der Waals surface area contributed by atoms with Crippen molar-refractivity contribution >= 4 is 29.2 Å². The van der Waals surface area contributed by atoms with E-state index in [0.29, 0.717) is 0 Å². The lowest BCUT2D eigenvalue weighted by molar-refractivity contribution is -0.146. The molecule has 0 saturated heterocycles. The third kappa shape index (κ3) is 2.12. The molecule has 1 rings (SSSR count). The van der Waals surface area contributed by atoms with E-state index in [0.717, 1.165) is 0 Å². The lowest BCUT2D eigenvalue weighted by Crippen LogP contribution is -2.11. The number of aliphatic hydroxyl groups is 1. The third-order valence-electron chi connectivity index (χ3n) is 1.51. The zero-order valence-electron chi connectivity index (χ0n) is 6.37. The van der Waals surface area contributed by atoms with Gasteiger partial charge in [-0.25, -0.2) is 4.79 Å². The predicted molar refractivity (Wildman–Crippen MR) is 49.1 cm³/mol. The highest BCUT2D eigenvalue weighted by Crippen LogP contribution is 2.30. The largest absolute Gasteiger partial charge is 0.479 e. The van der Waals surface area contributed by atoms with E-state index in [4.69, 9.17) is 28.3 Å². The molecule has 13 heavy (non-hydrogen) atoms. The number of hydrogen-bond acceptors (Lipinski definition) is 2. The quantitative estimate of drug-likeness (QED) is 0.803. The fraction of sp³-hybridized carbons (Fsp3) is 0.125. The number of carboxylic acid groups (broad SMARTS) is 1. The van der Waals surface area contributed by atoms with Gasteiger partial charge in [0.15, 0.2) is 6.10 Å². The maximum atomic E-state index is 10.4. The number of rotatable bonds is 2. The lowest BCUT2D eigenvalue weighted by atomic mass is 10.1. The van der Waals surface area contributed by atoms with Crippen molar-refractivity contribution in [3.63, 3.8) is 0 Å². The monoisotopic (exact) mass is 220 g/mol. The first-order valence-electron chi connectivity index (χ1n) is 3.39. The van der Waals surface area contributed by atoms with Crippen LogP contribution in [0.3, 0.4) is 0 Å². The smallest absolute Gasteiger partial charge is 0.337 e. The van der Waals surface area contributed by atoms with Crippen LogP contribution in [0.4, 0.5) is 0 Å². The Hall–Kier alpha value is -0.770. The molecule has 1 aromatic carbocycles. The van der Waals surface area contributed by atoms with Crippen LogP contribution in [0, 0.1) is 0 Å². The number of carbonyl (C=O) groups is 1. The number of aliphatic carboxylic acids is 1. The van der Waals surface area contributed by atoms with E-state index in [-0.39, 0.29) is 15.6 Å². The molecule has 0 bridgehead atoms. The van der Waals surface area contributed by atoms with Crippen molar-refractivity contribution in [3.8, 4) is 0 Å². The molecule has 5 heteroatoms. The summed E-state index contributed by atoms with van der Waals surface area (Å²) in [6.07, 6.45) is -1.68. The van der Waals surface area contributed by atoms with Gasteiger partial charge in [-0.1, -0.05) is 29.3 Å². The molecule has 0 amide bonds. The summed E-state index contributed by atoms with van der Waals surface area (Å²) in [4.78, 5) is 10.4. The standard InChI is InChI=1S/C8H6Cl2O3/c9-4-2-1-3-5(10)6(4)7(11)8(12)13/h1-3,7,11H,(H,12,13). The number of benzene rings is 1. The highest BCUT2D eigenvalue weighted by atomic mass is 35.5. The molecule has 3 nitrogen and oxygen atoms in total. The van der Waals surface area contributed by atoms with Crippen LogP contribution < -0.4 is 0 Å². The summed E-state index contributed by atoms with van der Waals surface area (Å²) >= 11 is 11.3. The topological polar surface area (TPSA) is 57.5 Å². The van der Waals surface area contributed by atoms with Gasteiger partial charge in [0.1, 0.15) is 0 Å². The molecule has 1 aromatic rings. The van der Waals surface area contributed by atoms with Crippen molar-refractivity contribution in [2.75, 3.05) is 0 Å². The van der Waals surface area contributed by atoms with Crippen LogP contribution in [0.1, 0.15) is 11.7 Å². The Morgan fingerprint density at radius 1 is 1.31 bits per heavy atom. The van der Waals surface area contributed by atoms with Crippen LogP contribution in [0.5, 0.6) is 0 Å². The van der Waals surface area contributed by atoms with Crippen molar-refractivity contribution in [3.05, 3.63) is 33.8 Å². The molecule has 0 aliphatic carbocycles. The molecule has 0 saturated carbocycles. The minimum Gasteiger partial charge on any atom is -0.479 e. The van der Waals surface area contributed by atoms with E-state index in [1.165, 1.54) is 12.1 Å². The molecular formula is C8H6Cl2O3. The zero-order valence-corrected chi connectivity index (χ0v) is 7.88. The Morgan fingerprint density at radius 3 is 2.15 bits per heavy atom. The Balaban J connectivity index is 3.20. The van der Waals surface area contributed by atoms with Gasteiger partial charge in [0.2, 0.25) is 0 Å². The van der Waals surface area contributed by atoms with Crippen molar-refractivity contribution in [2.24, 2.45) is 0 Å². The second kappa shape index (κ2) is 3.96. The predicted octanol–water partition coefficient (Wildman–Crippen LogP) is 2.11. The van der Waals surface area contributed by atoms with E-state index < -0.39 is 12.1 Å². The fourth-order valence-electron chi connectivity index (χ4n) is 0.895. The van der Waals surface area contributed by atoms with E-state index in [1.54, 1.807) is 6.07 Å². The highest BCUT2D eigenvalue weighted by Gasteiger charge is 2.21. The summed E-state index contributed by atoms with van der Waals surface area (Å²) < 4.78 is 0. The summed E-state index contributed by atoms with van der Waals surface area (Å²) in [6, 6.07) is 4.51. The Morgan fingerprint density at radius 2 is 1.77 bits per heavy atom. The van der Waals surface area contributed by atoms with E-state index >= 15 is 0 Å². The maximum absolute atomic E-state index is 10.4. The summed E-state index contributed by atoms with van der Waals surface area (Å²) in [7, 11) is 0. The Kier molecular flexibility index (Phi) is 3.14. The first-order chi connectivity index (χ1) is 6.04. The Bertz CT molecular complexity index is 318. The van der Waals surface area contributed by atoms with Gasteiger partial charge in [0, 0.05) is 15.6 Å². The van der Waals surface area contributed by atoms with Gasteiger partial charge in [-0.2, -0.15) is 0 Å². The minimum absolute atomic E-state index is 0.0262. The fourth-order valence-corrected chi connectivity index (χ4v) is 1.50. The summed E-state index contributed by atoms with van der Waals surface area (Å²) in [5.74, 6) is -1.38. The molecule has 0 radical (unpaired) electrons. The summed E-state index contributed by atoms with van der Waals surface area (Å²) in [6.45, 7) is 0. The SMILES string of the molecule is O=C(O)C(O)c1c(Cl)cccc1Cl. The van der Waals surface area contributed by atoms with Crippen LogP contribution in [0.15, 0.2) is 18.2 Å². The molecule has 70 valence electrons. The summed E-state index contributed by atoms with van der Waals surface area (Å²) in [5, 5.41) is 18.0. The average Bonchev–Trinajstić information content (AvgIpc) is 2.03. The number of halogens is 2. The third-order valence-corrected chi connectivity index (χ3v) is 2.17. The molecule has 1 unspecified atom stereocenters. The van der Waals surface area contributed by atoms with Gasteiger partial charge in [-0.05, 0) is 12.1 Å². The van der Waals surface area contributed by atoms with Crippen LogP contribution >= 0.6 is 23.2 Å². The normalized spacial score (nSPS) is 12.5. The van der Waals surface area contributed by atoms with Crippen LogP contribution in [-0.4, -0.2) is 16.2 Å². The molecule has 0 spiro atoms. The Labute approximate surface area is 84.5 Å².